The molecule has 34 heavy (non-hydrogen) atoms. The molecule has 1 aromatic carbocycles. The maximum atomic E-state index is 12.4. The number of urea groups is 1. The van der Waals surface area contributed by atoms with Crippen molar-refractivity contribution in [2.45, 2.75) is 44.2 Å². The zero-order valence-corrected chi connectivity index (χ0v) is 18.4. The van der Waals surface area contributed by atoms with Crippen molar-refractivity contribution in [3.63, 3.8) is 0 Å². The van der Waals surface area contributed by atoms with E-state index in [9.17, 15) is 29.1 Å². The zero-order chi connectivity index (χ0) is 25.7. The third-order valence-electron chi connectivity index (χ3n) is 4.71. The van der Waals surface area contributed by atoms with Crippen LogP contribution in [0.4, 0.5) is 10.5 Å². The van der Waals surface area contributed by atoms with Crippen LogP contribution >= 0.6 is 0 Å². The van der Waals surface area contributed by atoms with Gasteiger partial charge < -0.3 is 30.9 Å². The van der Waals surface area contributed by atoms with E-state index in [1.54, 1.807) is 24.3 Å². The molecule has 0 aliphatic rings. The average Bonchev–Trinajstić information content (AvgIpc) is 2.77. The number of aliphatic carboxylic acids is 3. The fourth-order valence-corrected chi connectivity index (χ4v) is 2.83. The normalized spacial score (nSPS) is 11.9. The molecule has 0 radical (unpaired) electrons. The molecule has 0 fully saturated rings. The molecule has 0 aromatic heterocycles. The summed E-state index contributed by atoms with van der Waals surface area (Å²) in [6, 6.07) is 2.46. The number of hydrogen-bond acceptors (Lipinski definition) is 6. The Kier molecular flexibility index (Phi) is 11.4. The topological polar surface area (TPSA) is 222 Å². The summed E-state index contributed by atoms with van der Waals surface area (Å²) in [5, 5.41) is 35.6. The van der Waals surface area contributed by atoms with Gasteiger partial charge in [0, 0.05) is 43.5 Å². The molecule has 0 saturated carbocycles. The highest BCUT2D eigenvalue weighted by Crippen LogP contribution is 2.14. The molecule has 0 spiro atoms. The van der Waals surface area contributed by atoms with Gasteiger partial charge in [-0.15, -0.1) is 0 Å². The number of benzene rings is 1. The molecule has 0 aliphatic heterocycles. The van der Waals surface area contributed by atoms with Gasteiger partial charge in [0.1, 0.15) is 12.1 Å². The van der Waals surface area contributed by atoms with Gasteiger partial charge in [-0.3, -0.25) is 9.59 Å². The number of azide groups is 1. The van der Waals surface area contributed by atoms with Gasteiger partial charge in [0.2, 0.25) is 5.91 Å². The number of carboxylic acids is 3. The van der Waals surface area contributed by atoms with E-state index in [0.29, 0.717) is 17.7 Å². The Labute approximate surface area is 194 Å². The van der Waals surface area contributed by atoms with E-state index in [1.165, 1.54) is 7.05 Å². The highest BCUT2D eigenvalue weighted by Gasteiger charge is 2.30. The number of nitrogens with zero attached hydrogens (tertiary/aromatic N) is 4. The average molecular weight is 478 g/mol. The van der Waals surface area contributed by atoms with Gasteiger partial charge in [0.15, 0.2) is 0 Å². The largest absolute Gasteiger partial charge is 0.481 e. The van der Waals surface area contributed by atoms with Crippen molar-refractivity contribution in [2.24, 2.45) is 5.11 Å². The summed E-state index contributed by atoms with van der Waals surface area (Å²) in [7, 11) is 1.19. The van der Waals surface area contributed by atoms with Crippen LogP contribution in [0, 0.1) is 0 Å². The summed E-state index contributed by atoms with van der Waals surface area (Å²) in [6.45, 7) is 0.202. The van der Waals surface area contributed by atoms with Gasteiger partial charge in [-0.25, -0.2) is 14.4 Å². The van der Waals surface area contributed by atoms with Gasteiger partial charge in [0.05, 0.1) is 0 Å². The third kappa shape index (κ3) is 9.87. The van der Waals surface area contributed by atoms with Crippen LogP contribution in [-0.4, -0.2) is 75.7 Å². The molecule has 14 heteroatoms. The van der Waals surface area contributed by atoms with Gasteiger partial charge in [-0.05, 0) is 36.1 Å². The summed E-state index contributed by atoms with van der Waals surface area (Å²) in [5.74, 6) is -4.28. The van der Waals surface area contributed by atoms with Crippen LogP contribution in [0.15, 0.2) is 29.4 Å². The minimum absolute atomic E-state index is 0.105. The van der Waals surface area contributed by atoms with E-state index in [-0.39, 0.29) is 31.7 Å². The number of carbonyl (C=O) groups is 5. The number of carbonyl (C=O) groups excluding carboxylic acids is 2. The smallest absolute Gasteiger partial charge is 0.326 e. The van der Waals surface area contributed by atoms with Crippen LogP contribution < -0.4 is 10.6 Å². The van der Waals surface area contributed by atoms with E-state index in [0.717, 1.165) is 4.90 Å². The minimum Gasteiger partial charge on any atom is -0.481 e. The van der Waals surface area contributed by atoms with Crippen molar-refractivity contribution < 1.29 is 39.3 Å². The van der Waals surface area contributed by atoms with Crippen LogP contribution in [-0.2, 0) is 25.6 Å². The van der Waals surface area contributed by atoms with E-state index < -0.39 is 42.4 Å². The standard InChI is InChI=1S/C20H26N6O8/c1-26(20(34)24-14(18(30)31)8-9-17(28)29)15(19(32)33)11-12-4-6-13(7-5-12)23-16(27)3-2-10-22-25-21/h4-7,14-15H,2-3,8-11H2,1H3,(H,23,27)(H,24,34)(H,28,29)(H,30,31)(H,32,33)/t14-,15-/m0/s1. The van der Waals surface area contributed by atoms with Gasteiger partial charge in [0.25, 0.3) is 0 Å². The van der Waals surface area contributed by atoms with E-state index >= 15 is 0 Å². The lowest BCUT2D eigenvalue weighted by Crippen LogP contribution is -2.52. The maximum absolute atomic E-state index is 12.4. The zero-order valence-electron chi connectivity index (χ0n) is 18.4. The molecule has 0 bridgehead atoms. The lowest BCUT2D eigenvalue weighted by atomic mass is 10.0. The van der Waals surface area contributed by atoms with Crippen LogP contribution in [0.5, 0.6) is 0 Å². The summed E-state index contributed by atoms with van der Waals surface area (Å²) in [5.41, 5.74) is 9.21. The molecule has 2 atom stereocenters. The van der Waals surface area contributed by atoms with Gasteiger partial charge in [-0.1, -0.05) is 17.2 Å². The van der Waals surface area contributed by atoms with Crippen LogP contribution in [0.2, 0.25) is 0 Å². The molecule has 5 N–H and O–H groups in total. The first kappa shape index (κ1) is 27.7. The predicted molar refractivity (Wildman–Crippen MR) is 118 cm³/mol. The quantitative estimate of drug-likeness (QED) is 0.114. The summed E-state index contributed by atoms with van der Waals surface area (Å²) >= 11 is 0. The van der Waals surface area contributed by atoms with Crippen LogP contribution in [0.1, 0.15) is 31.2 Å². The second-order valence-electron chi connectivity index (χ2n) is 7.24. The molecule has 1 rings (SSSR count). The van der Waals surface area contributed by atoms with Crippen molar-refractivity contribution in [1.29, 1.82) is 0 Å². The molecule has 184 valence electrons. The number of nitrogens with one attached hydrogen (secondary N) is 2. The molecular formula is C20H26N6O8. The Morgan fingerprint density at radius 1 is 1.06 bits per heavy atom. The number of amides is 3. The lowest BCUT2D eigenvalue weighted by molar-refractivity contribution is -0.142. The Bertz CT molecular complexity index is 945. The lowest BCUT2D eigenvalue weighted by Gasteiger charge is -2.27. The Hall–Kier alpha value is -4.32. The Balaban J connectivity index is 2.76. The van der Waals surface area contributed by atoms with Crippen molar-refractivity contribution in [3.8, 4) is 0 Å². The van der Waals surface area contributed by atoms with Crippen molar-refractivity contribution in [1.82, 2.24) is 10.2 Å². The highest BCUT2D eigenvalue weighted by atomic mass is 16.4. The SMILES string of the molecule is CN(C(=O)N[C@@H](CCC(=O)O)C(=O)O)[C@@H](Cc1ccc(NC(=O)CCCN=[N+]=[N-])cc1)C(=O)O. The van der Waals surface area contributed by atoms with E-state index in [4.69, 9.17) is 15.7 Å². The molecule has 0 heterocycles. The van der Waals surface area contributed by atoms with Gasteiger partial charge in [-0.2, -0.15) is 0 Å². The molecule has 0 unspecified atom stereocenters. The van der Waals surface area contributed by atoms with Crippen LogP contribution in [0.3, 0.4) is 0 Å². The molecule has 3 amide bonds. The van der Waals surface area contributed by atoms with Crippen LogP contribution in [0.25, 0.3) is 10.4 Å². The first-order valence-corrected chi connectivity index (χ1v) is 10.2. The van der Waals surface area contributed by atoms with E-state index in [1.807, 2.05) is 0 Å². The minimum atomic E-state index is -1.49. The summed E-state index contributed by atoms with van der Waals surface area (Å²) in [4.78, 5) is 61.4. The Morgan fingerprint density at radius 3 is 2.24 bits per heavy atom. The second kappa shape index (κ2) is 14.0. The number of carboxylic acid groups (broad SMARTS) is 3. The maximum Gasteiger partial charge on any atom is 0.326 e. The molecule has 0 aliphatic carbocycles. The molecule has 14 nitrogen and oxygen atoms in total. The molecule has 0 saturated heterocycles. The van der Waals surface area contributed by atoms with E-state index in [2.05, 4.69) is 20.7 Å². The number of anilines is 1. The second-order valence-corrected chi connectivity index (χ2v) is 7.24. The summed E-state index contributed by atoms with van der Waals surface area (Å²) in [6.07, 6.45) is -0.402. The highest BCUT2D eigenvalue weighted by molar-refractivity contribution is 5.90. The number of hydrogen-bond donors (Lipinski definition) is 5. The first-order chi connectivity index (χ1) is 16.0. The third-order valence-corrected chi connectivity index (χ3v) is 4.71. The predicted octanol–water partition coefficient (Wildman–Crippen LogP) is 1.67. The Morgan fingerprint density at radius 2 is 1.71 bits per heavy atom. The van der Waals surface area contributed by atoms with Gasteiger partial charge >= 0.3 is 23.9 Å². The first-order valence-electron chi connectivity index (χ1n) is 10.2. The van der Waals surface area contributed by atoms with Crippen molar-refractivity contribution >= 4 is 35.5 Å². The molecular weight excluding hydrogens is 452 g/mol. The summed E-state index contributed by atoms with van der Waals surface area (Å²) < 4.78 is 0. The van der Waals surface area contributed by atoms with Crippen molar-refractivity contribution in [3.05, 3.63) is 40.3 Å². The number of likely N-dealkylation sites (N-methyl/N-ethyl adjacent to an activating group) is 1. The fraction of sp³-hybridized carbons (Fsp3) is 0.450. The van der Waals surface area contributed by atoms with Crippen molar-refractivity contribution in [2.75, 3.05) is 18.9 Å². The number of rotatable bonds is 14. The fourth-order valence-electron chi connectivity index (χ4n) is 2.83. The monoisotopic (exact) mass is 478 g/mol. The molecule has 1 aromatic rings.